The second kappa shape index (κ2) is 13.4. The van der Waals surface area contributed by atoms with E-state index in [1.165, 1.54) is 57.8 Å². The van der Waals surface area contributed by atoms with Gasteiger partial charge in [-0.1, -0.05) is 71.1 Å². The highest BCUT2D eigenvalue weighted by atomic mass is 32.2. The van der Waals surface area contributed by atoms with Crippen LogP contribution < -0.4 is 5.32 Å². The summed E-state index contributed by atoms with van der Waals surface area (Å²) in [5, 5.41) is 2.68. The normalized spacial score (nSPS) is 19.0. The van der Waals surface area contributed by atoms with Crippen molar-refractivity contribution in [2.45, 2.75) is 84.0 Å². The first-order valence-corrected chi connectivity index (χ1v) is 12.0. The largest absolute Gasteiger partial charge is 0.450 e. The van der Waals surface area contributed by atoms with Crippen LogP contribution in [-0.4, -0.2) is 39.2 Å². The summed E-state index contributed by atoms with van der Waals surface area (Å²) < 4.78 is 27.8. The summed E-state index contributed by atoms with van der Waals surface area (Å²) in [6.07, 6.45) is 14.2. The van der Waals surface area contributed by atoms with Crippen molar-refractivity contribution >= 4 is 15.9 Å². The zero-order chi connectivity index (χ0) is 18.4. The Bertz CT molecular complexity index is 450. The first kappa shape index (κ1) is 22.3. The molecule has 1 aliphatic heterocycles. The van der Waals surface area contributed by atoms with E-state index >= 15 is 0 Å². The molecule has 1 unspecified atom stereocenters. The fraction of sp³-hybridized carbons (Fsp3) is 0.947. The minimum Gasteiger partial charge on any atom is -0.450 e. The number of amides is 1. The van der Waals surface area contributed by atoms with Crippen molar-refractivity contribution in [2.75, 3.05) is 24.7 Å². The van der Waals surface area contributed by atoms with Crippen molar-refractivity contribution in [2.24, 2.45) is 5.92 Å². The lowest BCUT2D eigenvalue weighted by Crippen LogP contribution is -2.30. The number of ether oxygens (including phenoxy) is 1. The molecule has 0 bridgehead atoms. The van der Waals surface area contributed by atoms with Gasteiger partial charge in [0, 0.05) is 6.54 Å². The Kier molecular flexibility index (Phi) is 12.0. The molecule has 0 saturated carbocycles. The summed E-state index contributed by atoms with van der Waals surface area (Å²) in [5.74, 6) is 0.471. The molecule has 1 aliphatic rings. The third-order valence-electron chi connectivity index (χ3n) is 4.84. The van der Waals surface area contributed by atoms with Crippen LogP contribution in [0.5, 0.6) is 0 Å². The quantitative estimate of drug-likeness (QED) is 0.455. The maximum absolute atomic E-state index is 11.6. The summed E-state index contributed by atoms with van der Waals surface area (Å²) in [4.78, 5) is 11.6. The standard InChI is InChI=1S/C19H37NO4S/c1-2-3-4-5-6-7-8-9-10-11-12-14-24-19(21)20-16-18-13-15-25(22,23)17-18/h18H,2-17H2,1H3,(H,20,21). The van der Waals surface area contributed by atoms with Crippen LogP contribution in [-0.2, 0) is 14.6 Å². The van der Waals surface area contributed by atoms with Crippen molar-refractivity contribution in [3.8, 4) is 0 Å². The van der Waals surface area contributed by atoms with E-state index in [-0.39, 0.29) is 17.4 Å². The number of rotatable bonds is 14. The Morgan fingerprint density at radius 1 is 0.960 bits per heavy atom. The van der Waals surface area contributed by atoms with Gasteiger partial charge < -0.3 is 10.1 Å². The van der Waals surface area contributed by atoms with Gasteiger partial charge in [-0.25, -0.2) is 13.2 Å². The Hall–Kier alpha value is -0.780. The summed E-state index contributed by atoms with van der Waals surface area (Å²) in [6.45, 7) is 3.09. The molecule has 25 heavy (non-hydrogen) atoms. The van der Waals surface area contributed by atoms with Crippen LogP contribution in [0.25, 0.3) is 0 Å². The molecule has 1 fully saturated rings. The molecule has 0 aromatic rings. The lowest BCUT2D eigenvalue weighted by atomic mass is 10.1. The molecule has 5 nitrogen and oxygen atoms in total. The molecule has 6 heteroatoms. The maximum atomic E-state index is 11.6. The SMILES string of the molecule is CCCCCCCCCCCCCOC(=O)NCC1CCS(=O)(=O)C1. The van der Waals surface area contributed by atoms with Gasteiger partial charge in [0.15, 0.2) is 9.84 Å². The van der Waals surface area contributed by atoms with Gasteiger partial charge in [0.2, 0.25) is 0 Å². The molecule has 0 spiro atoms. The Morgan fingerprint density at radius 2 is 1.52 bits per heavy atom. The zero-order valence-electron chi connectivity index (χ0n) is 15.9. The average Bonchev–Trinajstić information content (AvgIpc) is 2.93. The van der Waals surface area contributed by atoms with Gasteiger partial charge in [-0.05, 0) is 18.8 Å². The van der Waals surface area contributed by atoms with Gasteiger partial charge in [-0.3, -0.25) is 0 Å². The second-order valence-corrected chi connectivity index (χ2v) is 9.55. The molecule has 1 heterocycles. The first-order valence-electron chi connectivity index (χ1n) is 10.1. The summed E-state index contributed by atoms with van der Waals surface area (Å²) in [6, 6.07) is 0. The van der Waals surface area contributed by atoms with Gasteiger partial charge in [-0.15, -0.1) is 0 Å². The number of hydrogen-bond donors (Lipinski definition) is 1. The number of carbonyl (C=O) groups excluding carboxylic acids is 1. The summed E-state index contributed by atoms with van der Waals surface area (Å²) in [7, 11) is -2.88. The lowest BCUT2D eigenvalue weighted by Gasteiger charge is -2.10. The van der Waals surface area contributed by atoms with Crippen LogP contribution in [0.3, 0.4) is 0 Å². The van der Waals surface area contributed by atoms with Crippen LogP contribution in [0, 0.1) is 5.92 Å². The number of sulfone groups is 1. The predicted octanol–water partition coefficient (Wildman–Crippen LogP) is 4.46. The minimum absolute atomic E-state index is 0.0412. The molecule has 0 radical (unpaired) electrons. The fourth-order valence-electron chi connectivity index (χ4n) is 3.24. The van der Waals surface area contributed by atoms with E-state index < -0.39 is 15.9 Å². The van der Waals surface area contributed by atoms with Gasteiger partial charge >= 0.3 is 6.09 Å². The zero-order valence-corrected chi connectivity index (χ0v) is 16.7. The van der Waals surface area contributed by atoms with Crippen LogP contribution in [0.1, 0.15) is 84.0 Å². The van der Waals surface area contributed by atoms with Crippen molar-refractivity contribution in [3.63, 3.8) is 0 Å². The molecule has 1 rings (SSSR count). The van der Waals surface area contributed by atoms with E-state index in [0.29, 0.717) is 19.6 Å². The fourth-order valence-corrected chi connectivity index (χ4v) is 5.10. The Balaban J connectivity index is 1.82. The van der Waals surface area contributed by atoms with Crippen molar-refractivity contribution in [1.82, 2.24) is 5.32 Å². The Labute approximate surface area is 154 Å². The van der Waals surface area contributed by atoms with Crippen LogP contribution in [0.15, 0.2) is 0 Å². The monoisotopic (exact) mass is 375 g/mol. The maximum Gasteiger partial charge on any atom is 0.407 e. The molecule has 0 aliphatic carbocycles. The number of nitrogens with one attached hydrogen (secondary N) is 1. The number of hydrogen-bond acceptors (Lipinski definition) is 4. The highest BCUT2D eigenvalue weighted by Gasteiger charge is 2.27. The van der Waals surface area contributed by atoms with Crippen molar-refractivity contribution in [3.05, 3.63) is 0 Å². The molecule has 0 aromatic heterocycles. The molecular formula is C19H37NO4S. The third-order valence-corrected chi connectivity index (χ3v) is 6.68. The molecule has 148 valence electrons. The van der Waals surface area contributed by atoms with Crippen LogP contribution in [0.4, 0.5) is 4.79 Å². The van der Waals surface area contributed by atoms with Crippen molar-refractivity contribution in [1.29, 1.82) is 0 Å². The van der Waals surface area contributed by atoms with E-state index in [0.717, 1.165) is 12.8 Å². The second-order valence-electron chi connectivity index (χ2n) is 7.32. The Morgan fingerprint density at radius 3 is 2.04 bits per heavy atom. The van der Waals surface area contributed by atoms with E-state index in [9.17, 15) is 13.2 Å². The van der Waals surface area contributed by atoms with E-state index in [1.54, 1.807) is 0 Å². The molecule has 1 atom stereocenters. The average molecular weight is 376 g/mol. The molecular weight excluding hydrogens is 338 g/mol. The smallest absolute Gasteiger partial charge is 0.407 e. The van der Waals surface area contributed by atoms with Crippen LogP contribution in [0.2, 0.25) is 0 Å². The molecule has 1 N–H and O–H groups in total. The van der Waals surface area contributed by atoms with Crippen molar-refractivity contribution < 1.29 is 17.9 Å². The van der Waals surface area contributed by atoms with E-state index in [1.807, 2.05) is 0 Å². The molecule has 0 aromatic carbocycles. The van der Waals surface area contributed by atoms with Gasteiger partial charge in [0.05, 0.1) is 18.1 Å². The minimum atomic E-state index is -2.88. The lowest BCUT2D eigenvalue weighted by molar-refractivity contribution is 0.142. The third kappa shape index (κ3) is 12.2. The van der Waals surface area contributed by atoms with E-state index in [4.69, 9.17) is 4.74 Å². The van der Waals surface area contributed by atoms with Gasteiger partial charge in [0.1, 0.15) is 0 Å². The van der Waals surface area contributed by atoms with E-state index in [2.05, 4.69) is 12.2 Å². The van der Waals surface area contributed by atoms with Gasteiger partial charge in [0.25, 0.3) is 0 Å². The topological polar surface area (TPSA) is 72.5 Å². The molecule has 1 saturated heterocycles. The highest BCUT2D eigenvalue weighted by molar-refractivity contribution is 7.91. The number of unbranched alkanes of at least 4 members (excludes halogenated alkanes) is 10. The highest BCUT2D eigenvalue weighted by Crippen LogP contribution is 2.17. The summed E-state index contributed by atoms with van der Waals surface area (Å²) in [5.41, 5.74) is 0. The number of carbonyl (C=O) groups is 1. The first-order chi connectivity index (χ1) is 12.0. The number of alkyl carbamates (subject to hydrolysis) is 1. The predicted molar refractivity (Wildman–Crippen MR) is 103 cm³/mol. The molecule has 1 amide bonds. The van der Waals surface area contributed by atoms with Crippen LogP contribution >= 0.6 is 0 Å². The summed E-state index contributed by atoms with van der Waals surface area (Å²) >= 11 is 0. The van der Waals surface area contributed by atoms with Gasteiger partial charge in [-0.2, -0.15) is 0 Å².